The van der Waals surface area contributed by atoms with E-state index in [1.807, 2.05) is 48.5 Å². The molecule has 0 saturated carbocycles. The van der Waals surface area contributed by atoms with E-state index in [4.69, 9.17) is 9.84 Å². The topological polar surface area (TPSA) is 79.3 Å². The Hall–Kier alpha value is -2.70. The second-order valence-corrected chi connectivity index (χ2v) is 5.96. The zero-order valence-corrected chi connectivity index (χ0v) is 14.9. The van der Waals surface area contributed by atoms with Crippen molar-refractivity contribution < 1.29 is 9.84 Å². The first kappa shape index (κ1) is 18.1. The van der Waals surface area contributed by atoms with Crippen molar-refractivity contribution in [3.8, 4) is 5.75 Å². The summed E-state index contributed by atoms with van der Waals surface area (Å²) in [6, 6.07) is 16.0. The normalized spacial score (nSPS) is 10.8. The molecule has 2 aromatic carbocycles. The number of aliphatic hydroxyl groups excluding tert-OH is 1. The van der Waals surface area contributed by atoms with E-state index < -0.39 is 0 Å². The number of ether oxygens (including phenoxy) is 1. The molecule has 26 heavy (non-hydrogen) atoms. The summed E-state index contributed by atoms with van der Waals surface area (Å²) in [7, 11) is 1.66. The van der Waals surface area contributed by atoms with Crippen molar-refractivity contribution >= 4 is 16.7 Å². The summed E-state index contributed by atoms with van der Waals surface area (Å²) < 4.78 is 5.20. The molecule has 0 amide bonds. The number of para-hydroxylation sites is 1. The first-order valence-corrected chi connectivity index (χ1v) is 8.74. The van der Waals surface area contributed by atoms with Crippen molar-refractivity contribution in [3.63, 3.8) is 0 Å². The molecule has 0 atom stereocenters. The zero-order chi connectivity index (χ0) is 18.2. The van der Waals surface area contributed by atoms with Gasteiger partial charge in [-0.3, -0.25) is 0 Å². The third kappa shape index (κ3) is 4.68. The van der Waals surface area contributed by atoms with E-state index in [9.17, 15) is 0 Å². The Balaban J connectivity index is 1.76. The standard InChI is InChI=1S/C20H24N4O2/c1-26-16-9-7-15(8-10-16)13-22-20-17-5-2-3-6-18(17)23-19(24-20)14-21-11-4-12-25/h2-3,5-10,21,25H,4,11-14H2,1H3,(H,22,23,24). The minimum Gasteiger partial charge on any atom is -0.497 e. The van der Waals surface area contributed by atoms with Gasteiger partial charge in [0.1, 0.15) is 17.4 Å². The van der Waals surface area contributed by atoms with Crippen molar-refractivity contribution in [2.24, 2.45) is 0 Å². The lowest BCUT2D eigenvalue weighted by Gasteiger charge is -2.12. The smallest absolute Gasteiger partial charge is 0.145 e. The van der Waals surface area contributed by atoms with Crippen LogP contribution in [0.4, 0.5) is 5.82 Å². The van der Waals surface area contributed by atoms with Gasteiger partial charge in [-0.2, -0.15) is 0 Å². The van der Waals surface area contributed by atoms with E-state index in [0.717, 1.165) is 46.8 Å². The number of aliphatic hydroxyl groups is 1. The molecule has 1 aromatic heterocycles. The van der Waals surface area contributed by atoms with Crippen LogP contribution in [0.1, 0.15) is 17.8 Å². The lowest BCUT2D eigenvalue weighted by atomic mass is 10.2. The van der Waals surface area contributed by atoms with Crippen LogP contribution >= 0.6 is 0 Å². The van der Waals surface area contributed by atoms with Crippen LogP contribution in [0.5, 0.6) is 5.75 Å². The van der Waals surface area contributed by atoms with Crippen LogP contribution < -0.4 is 15.4 Å². The van der Waals surface area contributed by atoms with E-state index in [1.54, 1.807) is 7.11 Å². The fourth-order valence-corrected chi connectivity index (χ4v) is 2.67. The van der Waals surface area contributed by atoms with Crippen LogP contribution in [0, 0.1) is 0 Å². The molecule has 3 rings (SSSR count). The summed E-state index contributed by atoms with van der Waals surface area (Å²) in [6.45, 7) is 2.16. The van der Waals surface area contributed by atoms with Crippen LogP contribution in [0.25, 0.3) is 10.9 Å². The molecule has 0 aliphatic heterocycles. The molecule has 3 N–H and O–H groups in total. The molecule has 0 radical (unpaired) electrons. The van der Waals surface area contributed by atoms with Crippen LogP contribution in [-0.2, 0) is 13.1 Å². The number of nitrogens with one attached hydrogen (secondary N) is 2. The average Bonchev–Trinajstić information content (AvgIpc) is 2.70. The number of methoxy groups -OCH3 is 1. The van der Waals surface area contributed by atoms with E-state index in [-0.39, 0.29) is 6.61 Å². The third-order valence-corrected chi connectivity index (χ3v) is 4.06. The van der Waals surface area contributed by atoms with E-state index in [2.05, 4.69) is 20.6 Å². The van der Waals surface area contributed by atoms with Crippen molar-refractivity contribution in [1.29, 1.82) is 0 Å². The quantitative estimate of drug-likeness (QED) is 0.514. The molecular formula is C20H24N4O2. The van der Waals surface area contributed by atoms with E-state index in [1.165, 1.54) is 0 Å². The van der Waals surface area contributed by atoms with Gasteiger partial charge < -0.3 is 20.5 Å². The Bertz CT molecular complexity index is 837. The lowest BCUT2D eigenvalue weighted by molar-refractivity contribution is 0.286. The third-order valence-electron chi connectivity index (χ3n) is 4.06. The van der Waals surface area contributed by atoms with Crippen molar-refractivity contribution in [2.75, 3.05) is 25.6 Å². The largest absolute Gasteiger partial charge is 0.497 e. The van der Waals surface area contributed by atoms with Gasteiger partial charge >= 0.3 is 0 Å². The Morgan fingerprint density at radius 1 is 1.00 bits per heavy atom. The van der Waals surface area contributed by atoms with Crippen LogP contribution in [-0.4, -0.2) is 35.3 Å². The summed E-state index contributed by atoms with van der Waals surface area (Å²) in [6.07, 6.45) is 0.718. The highest BCUT2D eigenvalue weighted by atomic mass is 16.5. The molecule has 0 aliphatic rings. The minimum atomic E-state index is 0.181. The van der Waals surface area contributed by atoms with Crippen LogP contribution in [0.3, 0.4) is 0 Å². The molecule has 0 aliphatic carbocycles. The second kappa shape index (κ2) is 9.12. The van der Waals surface area contributed by atoms with Crippen molar-refractivity contribution in [3.05, 3.63) is 59.9 Å². The maximum absolute atomic E-state index is 8.87. The summed E-state index contributed by atoms with van der Waals surface area (Å²) in [5, 5.41) is 16.5. The van der Waals surface area contributed by atoms with Gasteiger partial charge in [0.15, 0.2) is 0 Å². The predicted molar refractivity (Wildman–Crippen MR) is 103 cm³/mol. The molecule has 136 valence electrons. The fraction of sp³-hybridized carbons (Fsp3) is 0.300. The number of rotatable bonds is 9. The summed E-state index contributed by atoms with van der Waals surface area (Å²) in [5.74, 6) is 2.40. The first-order valence-electron chi connectivity index (χ1n) is 8.74. The zero-order valence-electron chi connectivity index (χ0n) is 14.9. The molecule has 0 fully saturated rings. The van der Waals surface area contributed by atoms with Gasteiger partial charge in [-0.25, -0.2) is 9.97 Å². The number of benzene rings is 2. The molecule has 1 heterocycles. The molecular weight excluding hydrogens is 328 g/mol. The summed E-state index contributed by atoms with van der Waals surface area (Å²) in [4.78, 5) is 9.29. The van der Waals surface area contributed by atoms with Crippen LogP contribution in [0.15, 0.2) is 48.5 Å². The number of hydrogen-bond donors (Lipinski definition) is 3. The average molecular weight is 352 g/mol. The maximum Gasteiger partial charge on any atom is 0.145 e. The second-order valence-electron chi connectivity index (χ2n) is 5.96. The van der Waals surface area contributed by atoms with Gasteiger partial charge in [0.25, 0.3) is 0 Å². The Kier molecular flexibility index (Phi) is 6.35. The van der Waals surface area contributed by atoms with Gasteiger partial charge in [-0.05, 0) is 42.8 Å². The molecule has 0 saturated heterocycles. The number of hydrogen-bond acceptors (Lipinski definition) is 6. The fourth-order valence-electron chi connectivity index (χ4n) is 2.67. The van der Waals surface area contributed by atoms with Gasteiger partial charge in [0.05, 0.1) is 19.2 Å². The molecule has 3 aromatic rings. The number of fused-ring (bicyclic) bond motifs is 1. The first-order chi connectivity index (χ1) is 12.8. The molecule has 0 spiro atoms. The number of aromatic nitrogens is 2. The van der Waals surface area contributed by atoms with Crippen molar-refractivity contribution in [2.45, 2.75) is 19.5 Å². The van der Waals surface area contributed by atoms with Gasteiger partial charge in [-0.15, -0.1) is 0 Å². The highest BCUT2D eigenvalue weighted by Crippen LogP contribution is 2.21. The van der Waals surface area contributed by atoms with E-state index >= 15 is 0 Å². The van der Waals surface area contributed by atoms with Gasteiger partial charge in [0.2, 0.25) is 0 Å². The van der Waals surface area contributed by atoms with Crippen LogP contribution in [0.2, 0.25) is 0 Å². The number of anilines is 1. The summed E-state index contributed by atoms with van der Waals surface area (Å²) in [5.41, 5.74) is 2.06. The van der Waals surface area contributed by atoms with Gasteiger partial charge in [-0.1, -0.05) is 24.3 Å². The minimum absolute atomic E-state index is 0.181. The molecule has 0 unspecified atom stereocenters. The van der Waals surface area contributed by atoms with E-state index in [0.29, 0.717) is 13.1 Å². The molecule has 6 nitrogen and oxygen atoms in total. The lowest BCUT2D eigenvalue weighted by Crippen LogP contribution is -2.18. The number of nitrogens with zero attached hydrogens (tertiary/aromatic N) is 2. The van der Waals surface area contributed by atoms with Gasteiger partial charge in [0, 0.05) is 18.5 Å². The monoisotopic (exact) mass is 352 g/mol. The SMILES string of the molecule is COc1ccc(CNc2nc(CNCCCO)nc3ccccc23)cc1. The highest BCUT2D eigenvalue weighted by Gasteiger charge is 2.07. The Morgan fingerprint density at radius 3 is 2.58 bits per heavy atom. The molecule has 0 bridgehead atoms. The van der Waals surface area contributed by atoms with Crippen molar-refractivity contribution in [1.82, 2.24) is 15.3 Å². The summed E-state index contributed by atoms with van der Waals surface area (Å²) >= 11 is 0. The molecule has 6 heteroatoms. The Labute approximate surface area is 153 Å². The Morgan fingerprint density at radius 2 is 1.81 bits per heavy atom. The highest BCUT2D eigenvalue weighted by molar-refractivity contribution is 5.88. The predicted octanol–water partition coefficient (Wildman–Crippen LogP) is 2.72. The maximum atomic E-state index is 8.87.